The molecule has 0 fully saturated rings. The highest BCUT2D eigenvalue weighted by atomic mass is 16.3. The Morgan fingerprint density at radius 2 is 2.12 bits per heavy atom. The summed E-state index contributed by atoms with van der Waals surface area (Å²) in [5.41, 5.74) is 0. The van der Waals surface area contributed by atoms with Gasteiger partial charge in [0.15, 0.2) is 11.5 Å². The van der Waals surface area contributed by atoms with Gasteiger partial charge in [-0.3, -0.25) is 9.59 Å². The van der Waals surface area contributed by atoms with E-state index < -0.39 is 11.5 Å². The van der Waals surface area contributed by atoms with Crippen molar-refractivity contribution >= 4 is 12.1 Å². The second-order valence-electron chi connectivity index (χ2n) is 1.24. The number of carbonyl (C=O) groups is 2. The Balaban J connectivity index is 3.99. The Hall–Kier alpha value is -1.12. The summed E-state index contributed by atoms with van der Waals surface area (Å²) in [6.45, 7) is 1.18. The van der Waals surface area contributed by atoms with Gasteiger partial charge < -0.3 is 5.11 Å². The van der Waals surface area contributed by atoms with Crippen molar-refractivity contribution in [2.45, 2.75) is 6.92 Å². The number of hydrogen-bond donors (Lipinski definition) is 1. The summed E-state index contributed by atoms with van der Waals surface area (Å²) in [5, 5.41) is 8.41. The van der Waals surface area contributed by atoms with E-state index in [-0.39, 0.29) is 0 Å². The third kappa shape index (κ3) is 2.12. The summed E-state index contributed by atoms with van der Waals surface area (Å²) in [6.07, 6.45) is 1.17. The van der Waals surface area contributed by atoms with E-state index in [0.717, 1.165) is 6.08 Å². The zero-order valence-electron chi connectivity index (χ0n) is 4.42. The second-order valence-corrected chi connectivity index (χ2v) is 1.24. The van der Waals surface area contributed by atoms with Gasteiger partial charge in [-0.2, -0.15) is 0 Å². The Bertz CT molecular complexity index is 135. The fraction of sp³-hybridized carbons (Fsp3) is 0.200. The molecule has 0 radical (unpaired) electrons. The SMILES string of the molecule is CC(=O)/C(O)=C/C=O. The van der Waals surface area contributed by atoms with E-state index >= 15 is 0 Å². The molecule has 1 N–H and O–H groups in total. The average Bonchev–Trinajstić information content (AvgIpc) is 1.67. The van der Waals surface area contributed by atoms with Crippen molar-refractivity contribution < 1.29 is 14.7 Å². The van der Waals surface area contributed by atoms with Gasteiger partial charge in [-0.05, 0) is 0 Å². The van der Waals surface area contributed by atoms with E-state index in [1.54, 1.807) is 0 Å². The minimum absolute atomic E-state index is 0.358. The monoisotopic (exact) mass is 114 g/mol. The van der Waals surface area contributed by atoms with Crippen LogP contribution in [0.15, 0.2) is 11.8 Å². The van der Waals surface area contributed by atoms with Gasteiger partial charge in [0.25, 0.3) is 0 Å². The largest absolute Gasteiger partial charge is 0.504 e. The van der Waals surface area contributed by atoms with Crippen LogP contribution in [0, 0.1) is 0 Å². The standard InChI is InChI=1S/C5H6O3/c1-4(7)5(8)2-3-6/h2-3,8H,1H3/b5-2-. The lowest BCUT2D eigenvalue weighted by atomic mass is 10.3. The molecule has 0 saturated carbocycles. The van der Waals surface area contributed by atoms with Crippen LogP contribution in [-0.4, -0.2) is 17.2 Å². The van der Waals surface area contributed by atoms with Crippen LogP contribution in [0.5, 0.6) is 0 Å². The minimum atomic E-state index is -0.503. The van der Waals surface area contributed by atoms with E-state index in [9.17, 15) is 9.59 Å². The van der Waals surface area contributed by atoms with Crippen LogP contribution in [0.25, 0.3) is 0 Å². The van der Waals surface area contributed by atoms with Crippen molar-refractivity contribution in [3.8, 4) is 0 Å². The first-order valence-electron chi connectivity index (χ1n) is 2.04. The van der Waals surface area contributed by atoms with E-state index in [4.69, 9.17) is 5.11 Å². The number of allylic oxidation sites excluding steroid dienone is 2. The first-order chi connectivity index (χ1) is 3.68. The average molecular weight is 114 g/mol. The van der Waals surface area contributed by atoms with Gasteiger partial charge in [-0.15, -0.1) is 0 Å². The van der Waals surface area contributed by atoms with E-state index in [1.807, 2.05) is 0 Å². The first kappa shape index (κ1) is 6.88. The molecule has 0 rings (SSSR count). The van der Waals surface area contributed by atoms with Crippen LogP contribution in [0.2, 0.25) is 0 Å². The van der Waals surface area contributed by atoms with E-state index in [2.05, 4.69) is 0 Å². The lowest BCUT2D eigenvalue weighted by Gasteiger charge is -1.84. The number of hydrogen-bond acceptors (Lipinski definition) is 3. The first-order valence-corrected chi connectivity index (χ1v) is 2.04. The quantitative estimate of drug-likeness (QED) is 0.317. The van der Waals surface area contributed by atoms with Gasteiger partial charge in [0.1, 0.15) is 6.29 Å². The molecule has 0 bridgehead atoms. The molecule has 0 heterocycles. The maximum Gasteiger partial charge on any atom is 0.194 e. The Labute approximate surface area is 46.6 Å². The van der Waals surface area contributed by atoms with E-state index in [0.29, 0.717) is 6.29 Å². The van der Waals surface area contributed by atoms with Crippen molar-refractivity contribution in [1.82, 2.24) is 0 Å². The van der Waals surface area contributed by atoms with Crippen molar-refractivity contribution in [1.29, 1.82) is 0 Å². The van der Waals surface area contributed by atoms with Gasteiger partial charge >= 0.3 is 0 Å². The van der Waals surface area contributed by atoms with Crippen LogP contribution >= 0.6 is 0 Å². The molecular formula is C5H6O3. The molecule has 0 amide bonds. The minimum Gasteiger partial charge on any atom is -0.504 e. The highest BCUT2D eigenvalue weighted by Gasteiger charge is 1.95. The second kappa shape index (κ2) is 2.96. The number of rotatable bonds is 2. The fourth-order valence-electron chi connectivity index (χ4n) is 0.182. The topological polar surface area (TPSA) is 54.4 Å². The van der Waals surface area contributed by atoms with Crippen LogP contribution in [0.4, 0.5) is 0 Å². The highest BCUT2D eigenvalue weighted by Crippen LogP contribution is 1.84. The van der Waals surface area contributed by atoms with Crippen LogP contribution in [0.3, 0.4) is 0 Å². The summed E-state index contributed by atoms with van der Waals surface area (Å²) < 4.78 is 0. The van der Waals surface area contributed by atoms with Crippen molar-refractivity contribution in [3.05, 3.63) is 11.8 Å². The summed E-state index contributed by atoms with van der Waals surface area (Å²) in [5.74, 6) is -1.00. The lowest BCUT2D eigenvalue weighted by molar-refractivity contribution is -0.116. The fourth-order valence-corrected chi connectivity index (χ4v) is 0.182. The molecule has 0 aromatic rings. The lowest BCUT2D eigenvalue weighted by Crippen LogP contribution is -1.93. The molecule has 0 aliphatic heterocycles. The maximum atomic E-state index is 10.1. The molecule has 0 aromatic heterocycles. The number of ketones is 1. The van der Waals surface area contributed by atoms with Gasteiger partial charge in [0.2, 0.25) is 0 Å². The molecule has 3 heteroatoms. The number of aliphatic hydroxyl groups is 1. The molecular weight excluding hydrogens is 108 g/mol. The summed E-state index contributed by atoms with van der Waals surface area (Å²) in [6, 6.07) is 0. The molecule has 0 saturated heterocycles. The number of aldehydes is 1. The smallest absolute Gasteiger partial charge is 0.194 e. The number of aliphatic hydroxyl groups excluding tert-OH is 1. The predicted molar refractivity (Wildman–Crippen MR) is 27.5 cm³/mol. The van der Waals surface area contributed by atoms with Gasteiger partial charge in [0, 0.05) is 13.0 Å². The normalized spacial score (nSPS) is 10.9. The zero-order chi connectivity index (χ0) is 6.57. The molecule has 0 aliphatic rings. The Morgan fingerprint density at radius 3 is 2.25 bits per heavy atom. The molecule has 0 spiro atoms. The van der Waals surface area contributed by atoms with Crippen molar-refractivity contribution in [3.63, 3.8) is 0 Å². The Kier molecular flexibility index (Phi) is 2.54. The van der Waals surface area contributed by atoms with Crippen LogP contribution in [0.1, 0.15) is 6.92 Å². The third-order valence-corrected chi connectivity index (χ3v) is 0.587. The highest BCUT2D eigenvalue weighted by molar-refractivity contribution is 5.93. The molecule has 0 unspecified atom stereocenters. The summed E-state index contributed by atoms with van der Waals surface area (Å²) >= 11 is 0. The predicted octanol–water partition coefficient (Wildman–Crippen LogP) is 0.216. The van der Waals surface area contributed by atoms with Crippen LogP contribution in [-0.2, 0) is 9.59 Å². The summed E-state index contributed by atoms with van der Waals surface area (Å²) in [7, 11) is 0. The molecule has 3 nitrogen and oxygen atoms in total. The zero-order valence-corrected chi connectivity index (χ0v) is 4.42. The maximum absolute atomic E-state index is 10.1. The van der Waals surface area contributed by atoms with Crippen molar-refractivity contribution in [2.24, 2.45) is 0 Å². The van der Waals surface area contributed by atoms with Gasteiger partial charge in [-0.25, -0.2) is 0 Å². The van der Waals surface area contributed by atoms with Crippen LogP contribution < -0.4 is 0 Å². The van der Waals surface area contributed by atoms with Crippen molar-refractivity contribution in [2.75, 3.05) is 0 Å². The number of Topliss-reactive ketones (excluding diaryl/α,β-unsaturated/α-hetero) is 1. The van der Waals surface area contributed by atoms with Gasteiger partial charge in [0.05, 0.1) is 0 Å². The molecule has 44 valence electrons. The number of carbonyl (C=O) groups excluding carboxylic acids is 2. The Morgan fingerprint density at radius 1 is 1.62 bits per heavy atom. The van der Waals surface area contributed by atoms with Gasteiger partial charge in [-0.1, -0.05) is 0 Å². The molecule has 0 aromatic carbocycles. The summed E-state index contributed by atoms with van der Waals surface area (Å²) in [4.78, 5) is 19.6. The molecule has 0 atom stereocenters. The van der Waals surface area contributed by atoms with E-state index in [1.165, 1.54) is 6.92 Å². The third-order valence-electron chi connectivity index (χ3n) is 0.587. The molecule has 0 aliphatic carbocycles. The molecule has 8 heavy (non-hydrogen) atoms.